The third-order valence-electron chi connectivity index (χ3n) is 4.42. The first-order valence-electron chi connectivity index (χ1n) is 7.64. The first-order chi connectivity index (χ1) is 9.65. The molecule has 1 fully saturated rings. The molecule has 1 aromatic carbocycles. The molecule has 2 atom stereocenters. The molecular weight excluding hydrogens is 246 g/mol. The summed E-state index contributed by atoms with van der Waals surface area (Å²) in [7, 11) is 0. The lowest BCUT2D eigenvalue weighted by Crippen LogP contribution is -2.44. The summed E-state index contributed by atoms with van der Waals surface area (Å²) in [6.07, 6.45) is 2.95. The molecule has 3 nitrogen and oxygen atoms in total. The fourth-order valence-corrected chi connectivity index (χ4v) is 3.44. The summed E-state index contributed by atoms with van der Waals surface area (Å²) in [5, 5.41) is 12.9. The number of benzene rings is 1. The fraction of sp³-hybridized carbons (Fsp3) is 0.588. The van der Waals surface area contributed by atoms with Gasteiger partial charge in [0.15, 0.2) is 0 Å². The van der Waals surface area contributed by atoms with Gasteiger partial charge in [-0.05, 0) is 51.3 Å². The van der Waals surface area contributed by atoms with E-state index in [-0.39, 0.29) is 5.54 Å². The Labute approximate surface area is 122 Å². The van der Waals surface area contributed by atoms with Crippen LogP contribution < -0.4 is 10.2 Å². The lowest BCUT2D eigenvalue weighted by atomic mass is 9.99. The van der Waals surface area contributed by atoms with Crippen LogP contribution >= 0.6 is 0 Å². The van der Waals surface area contributed by atoms with Crippen molar-refractivity contribution in [2.45, 2.75) is 51.6 Å². The largest absolute Gasteiger partial charge is 0.369 e. The van der Waals surface area contributed by atoms with E-state index in [2.05, 4.69) is 61.3 Å². The Hall–Kier alpha value is -1.53. The van der Waals surface area contributed by atoms with E-state index in [1.54, 1.807) is 0 Å². The second kappa shape index (κ2) is 6.28. The average Bonchev–Trinajstić information content (AvgIpc) is 2.87. The molecule has 1 aliphatic rings. The molecule has 0 heterocycles. The Kier molecular flexibility index (Phi) is 4.67. The number of aryl methyl sites for hydroxylation is 1. The predicted molar refractivity (Wildman–Crippen MR) is 83.9 cm³/mol. The molecule has 3 heteroatoms. The summed E-state index contributed by atoms with van der Waals surface area (Å²) in [5.41, 5.74) is 2.30. The van der Waals surface area contributed by atoms with Gasteiger partial charge >= 0.3 is 0 Å². The lowest BCUT2D eigenvalue weighted by Gasteiger charge is -2.32. The quantitative estimate of drug-likeness (QED) is 0.893. The number of hydrogen-bond acceptors (Lipinski definition) is 3. The third kappa shape index (κ3) is 2.81. The highest BCUT2D eigenvalue weighted by atomic mass is 15.2. The van der Waals surface area contributed by atoms with Crippen LogP contribution in [0.4, 0.5) is 5.69 Å². The maximum Gasteiger partial charge on any atom is 0.108 e. The van der Waals surface area contributed by atoms with Crippen LogP contribution in [0, 0.1) is 18.3 Å². The van der Waals surface area contributed by atoms with Gasteiger partial charge < -0.3 is 4.90 Å². The molecule has 1 aromatic rings. The van der Waals surface area contributed by atoms with Crippen molar-refractivity contribution in [1.82, 2.24) is 5.32 Å². The number of para-hydroxylation sites is 1. The Balaban J connectivity index is 2.19. The number of rotatable bonds is 5. The molecule has 108 valence electrons. The molecule has 0 amide bonds. The van der Waals surface area contributed by atoms with Crippen molar-refractivity contribution < 1.29 is 0 Å². The maximum atomic E-state index is 9.51. The summed E-state index contributed by atoms with van der Waals surface area (Å²) in [6.45, 7) is 8.28. The Morgan fingerprint density at radius 1 is 1.40 bits per heavy atom. The molecule has 0 bridgehead atoms. The van der Waals surface area contributed by atoms with E-state index in [1.807, 2.05) is 0 Å². The summed E-state index contributed by atoms with van der Waals surface area (Å²) in [4.78, 5) is 2.46. The van der Waals surface area contributed by atoms with E-state index in [4.69, 9.17) is 0 Å². The van der Waals surface area contributed by atoms with Crippen LogP contribution in [-0.4, -0.2) is 24.7 Å². The molecule has 0 saturated heterocycles. The normalized spacial score (nSPS) is 25.4. The molecule has 0 radical (unpaired) electrons. The van der Waals surface area contributed by atoms with Gasteiger partial charge in [0.1, 0.15) is 5.54 Å². The van der Waals surface area contributed by atoms with Crippen molar-refractivity contribution in [3.05, 3.63) is 29.8 Å². The number of nitrogens with one attached hydrogen (secondary N) is 1. The van der Waals surface area contributed by atoms with Crippen molar-refractivity contribution >= 4 is 5.69 Å². The predicted octanol–water partition coefficient (Wildman–Crippen LogP) is 3.25. The van der Waals surface area contributed by atoms with Crippen molar-refractivity contribution in [1.29, 1.82) is 5.26 Å². The van der Waals surface area contributed by atoms with E-state index in [0.717, 1.165) is 32.4 Å². The van der Waals surface area contributed by atoms with Gasteiger partial charge in [-0.2, -0.15) is 5.26 Å². The van der Waals surface area contributed by atoms with Gasteiger partial charge in [0.05, 0.1) is 6.07 Å². The van der Waals surface area contributed by atoms with Crippen LogP contribution in [0.1, 0.15) is 38.7 Å². The van der Waals surface area contributed by atoms with Crippen LogP contribution in [0.25, 0.3) is 0 Å². The monoisotopic (exact) mass is 271 g/mol. The number of hydrogen-bond donors (Lipinski definition) is 1. The van der Waals surface area contributed by atoms with Gasteiger partial charge in [-0.25, -0.2) is 0 Å². The van der Waals surface area contributed by atoms with E-state index in [9.17, 15) is 5.26 Å². The highest BCUT2D eigenvalue weighted by Crippen LogP contribution is 2.35. The molecule has 2 rings (SSSR count). The third-order valence-corrected chi connectivity index (χ3v) is 4.42. The van der Waals surface area contributed by atoms with E-state index in [0.29, 0.717) is 6.04 Å². The number of nitriles is 1. The molecule has 1 saturated carbocycles. The van der Waals surface area contributed by atoms with Gasteiger partial charge in [0.25, 0.3) is 0 Å². The van der Waals surface area contributed by atoms with Crippen molar-refractivity contribution in [2.75, 3.05) is 18.0 Å². The highest BCUT2D eigenvalue weighted by Gasteiger charge is 2.41. The SMILES string of the molecule is CCNC1(C#N)CCC(N(CC)c2ccccc2C)C1. The first-order valence-corrected chi connectivity index (χ1v) is 7.64. The minimum atomic E-state index is -0.324. The first kappa shape index (κ1) is 14.9. The molecule has 1 N–H and O–H groups in total. The van der Waals surface area contributed by atoms with Gasteiger partial charge in [-0.1, -0.05) is 25.1 Å². The van der Waals surface area contributed by atoms with Crippen LogP contribution in [0.3, 0.4) is 0 Å². The Morgan fingerprint density at radius 3 is 2.75 bits per heavy atom. The second-order valence-corrected chi connectivity index (χ2v) is 5.69. The second-order valence-electron chi connectivity index (χ2n) is 5.69. The minimum Gasteiger partial charge on any atom is -0.369 e. The van der Waals surface area contributed by atoms with Crippen LogP contribution in [-0.2, 0) is 0 Å². The molecule has 0 spiro atoms. The van der Waals surface area contributed by atoms with Crippen LogP contribution in [0.5, 0.6) is 0 Å². The summed E-state index contributed by atoms with van der Waals surface area (Å²) < 4.78 is 0. The summed E-state index contributed by atoms with van der Waals surface area (Å²) >= 11 is 0. The minimum absolute atomic E-state index is 0.324. The van der Waals surface area contributed by atoms with Crippen LogP contribution in [0.15, 0.2) is 24.3 Å². The molecule has 0 aromatic heterocycles. The average molecular weight is 271 g/mol. The number of nitrogens with zero attached hydrogens (tertiary/aromatic N) is 2. The standard InChI is InChI=1S/C17H25N3/c1-4-19-17(13-18)11-10-15(12-17)20(5-2)16-9-7-6-8-14(16)3/h6-9,15,19H,4-5,10-12H2,1-3H3. The summed E-state index contributed by atoms with van der Waals surface area (Å²) in [6, 6.07) is 11.5. The fourth-order valence-electron chi connectivity index (χ4n) is 3.44. The molecule has 0 aliphatic heterocycles. The summed E-state index contributed by atoms with van der Waals surface area (Å²) in [5.74, 6) is 0. The molecule has 20 heavy (non-hydrogen) atoms. The smallest absolute Gasteiger partial charge is 0.108 e. The highest BCUT2D eigenvalue weighted by molar-refractivity contribution is 5.54. The zero-order valence-electron chi connectivity index (χ0n) is 12.8. The van der Waals surface area contributed by atoms with Crippen molar-refractivity contribution in [3.8, 4) is 6.07 Å². The zero-order valence-corrected chi connectivity index (χ0v) is 12.8. The molecule has 2 unspecified atom stereocenters. The molecule has 1 aliphatic carbocycles. The van der Waals surface area contributed by atoms with Gasteiger partial charge in [-0.3, -0.25) is 5.32 Å². The Bertz CT molecular complexity index is 491. The van der Waals surface area contributed by atoms with Gasteiger partial charge in [0, 0.05) is 18.3 Å². The molecular formula is C17H25N3. The topological polar surface area (TPSA) is 39.1 Å². The van der Waals surface area contributed by atoms with Crippen molar-refractivity contribution in [3.63, 3.8) is 0 Å². The van der Waals surface area contributed by atoms with Crippen LogP contribution in [0.2, 0.25) is 0 Å². The van der Waals surface area contributed by atoms with E-state index < -0.39 is 0 Å². The Morgan fingerprint density at radius 2 is 2.15 bits per heavy atom. The number of anilines is 1. The van der Waals surface area contributed by atoms with E-state index in [1.165, 1.54) is 11.3 Å². The van der Waals surface area contributed by atoms with E-state index >= 15 is 0 Å². The van der Waals surface area contributed by atoms with Crippen molar-refractivity contribution in [2.24, 2.45) is 0 Å². The maximum absolute atomic E-state index is 9.51. The lowest BCUT2D eigenvalue weighted by molar-refractivity contribution is 0.426. The van der Waals surface area contributed by atoms with Gasteiger partial charge in [-0.15, -0.1) is 0 Å². The zero-order chi connectivity index (χ0) is 14.6. The van der Waals surface area contributed by atoms with Gasteiger partial charge in [0.2, 0.25) is 0 Å².